The lowest BCUT2D eigenvalue weighted by atomic mass is 10.0. The van der Waals surface area contributed by atoms with E-state index in [9.17, 15) is 5.11 Å². The van der Waals surface area contributed by atoms with E-state index in [-0.39, 0.29) is 36.5 Å². The first-order valence-corrected chi connectivity index (χ1v) is 9.15. The summed E-state index contributed by atoms with van der Waals surface area (Å²) in [6, 6.07) is 10.1. The van der Waals surface area contributed by atoms with Crippen molar-refractivity contribution in [1.82, 2.24) is 15.5 Å². The quantitative estimate of drug-likeness (QED) is 0.205. The van der Waals surface area contributed by atoms with Gasteiger partial charge in [0.1, 0.15) is 0 Å². The number of aliphatic hydroxyl groups excluding tert-OH is 1. The predicted molar refractivity (Wildman–Crippen MR) is 118 cm³/mol. The molecule has 0 radical (unpaired) electrons. The predicted octanol–water partition coefficient (Wildman–Crippen LogP) is 2.67. The summed E-state index contributed by atoms with van der Waals surface area (Å²) in [5.74, 6) is 0.865. The Kier molecular flexibility index (Phi) is 14.9. The van der Waals surface area contributed by atoms with Crippen LogP contribution in [-0.4, -0.2) is 61.8 Å². The number of halogens is 1. The Hall–Kier alpha value is -0.860. The van der Waals surface area contributed by atoms with Crippen LogP contribution < -0.4 is 10.6 Å². The van der Waals surface area contributed by atoms with Crippen LogP contribution in [0.3, 0.4) is 0 Å². The molecule has 0 aromatic heterocycles. The van der Waals surface area contributed by atoms with Gasteiger partial charge >= 0.3 is 0 Å². The summed E-state index contributed by atoms with van der Waals surface area (Å²) in [5.41, 5.74) is 1.13. The van der Waals surface area contributed by atoms with E-state index < -0.39 is 0 Å². The third-order valence-corrected chi connectivity index (χ3v) is 4.14. The number of nitrogens with one attached hydrogen (secondary N) is 2. The van der Waals surface area contributed by atoms with Gasteiger partial charge in [0, 0.05) is 19.0 Å². The number of hydrogen-bond donors (Lipinski definition) is 3. The zero-order chi connectivity index (χ0) is 17.6. The topological polar surface area (TPSA) is 59.9 Å². The van der Waals surface area contributed by atoms with Crippen molar-refractivity contribution in [3.05, 3.63) is 35.9 Å². The van der Waals surface area contributed by atoms with Crippen LogP contribution in [0.1, 0.15) is 38.7 Å². The lowest BCUT2D eigenvalue weighted by Crippen LogP contribution is -2.39. The van der Waals surface area contributed by atoms with E-state index in [1.54, 1.807) is 0 Å². The molecule has 0 aliphatic heterocycles. The van der Waals surface area contributed by atoms with Crippen LogP contribution in [0.4, 0.5) is 0 Å². The monoisotopic (exact) mass is 462 g/mol. The van der Waals surface area contributed by atoms with E-state index in [1.165, 1.54) is 0 Å². The van der Waals surface area contributed by atoms with Gasteiger partial charge in [-0.2, -0.15) is 0 Å². The highest BCUT2D eigenvalue weighted by atomic mass is 127. The third kappa shape index (κ3) is 10.0. The van der Waals surface area contributed by atoms with Gasteiger partial charge in [0.25, 0.3) is 0 Å². The minimum Gasteiger partial charge on any atom is -0.396 e. The van der Waals surface area contributed by atoms with E-state index in [0.717, 1.165) is 50.7 Å². The lowest BCUT2D eigenvalue weighted by molar-refractivity contribution is 0.268. The molecule has 25 heavy (non-hydrogen) atoms. The smallest absolute Gasteiger partial charge is 0.191 e. The average Bonchev–Trinajstić information content (AvgIpc) is 2.63. The Morgan fingerprint density at radius 1 is 1.12 bits per heavy atom. The van der Waals surface area contributed by atoms with Gasteiger partial charge in [-0.1, -0.05) is 44.2 Å². The second-order valence-corrected chi connectivity index (χ2v) is 5.82. The highest BCUT2D eigenvalue weighted by Crippen LogP contribution is 2.14. The second-order valence-electron chi connectivity index (χ2n) is 5.82. The molecule has 0 spiro atoms. The normalized spacial score (nSPS) is 12.6. The molecule has 1 aromatic carbocycles. The number of hydrogen-bond acceptors (Lipinski definition) is 3. The zero-order valence-corrected chi connectivity index (χ0v) is 18.2. The molecule has 1 atom stereocenters. The Morgan fingerprint density at radius 3 is 2.36 bits per heavy atom. The molecule has 5 nitrogen and oxygen atoms in total. The van der Waals surface area contributed by atoms with Crippen molar-refractivity contribution in [2.75, 3.05) is 45.9 Å². The van der Waals surface area contributed by atoms with Gasteiger partial charge in [-0.25, -0.2) is 0 Å². The van der Waals surface area contributed by atoms with Crippen LogP contribution in [0, 0.1) is 0 Å². The second kappa shape index (κ2) is 15.4. The van der Waals surface area contributed by atoms with Gasteiger partial charge in [0.05, 0.1) is 13.2 Å². The van der Waals surface area contributed by atoms with Crippen molar-refractivity contribution in [1.29, 1.82) is 0 Å². The Labute approximate surface area is 170 Å². The molecule has 1 unspecified atom stereocenters. The van der Waals surface area contributed by atoms with E-state index >= 15 is 0 Å². The van der Waals surface area contributed by atoms with Crippen LogP contribution in [0.15, 0.2) is 35.3 Å². The number of guanidine groups is 1. The molecule has 0 bridgehead atoms. The summed E-state index contributed by atoms with van der Waals surface area (Å²) in [6.07, 6.45) is 1.09. The van der Waals surface area contributed by atoms with Gasteiger partial charge in [0.2, 0.25) is 0 Å². The first-order valence-electron chi connectivity index (χ1n) is 9.15. The minimum atomic E-state index is 0. The molecule has 0 saturated heterocycles. The SMILES string of the molecule is CCNC(=NCC(CO)c1ccccc1)NCCCN(CC)CC.I. The lowest BCUT2D eigenvalue weighted by Gasteiger charge is -2.19. The molecular weight excluding hydrogens is 427 g/mol. The first kappa shape index (κ1) is 24.1. The van der Waals surface area contributed by atoms with Crippen molar-refractivity contribution < 1.29 is 5.11 Å². The Morgan fingerprint density at radius 2 is 1.80 bits per heavy atom. The van der Waals surface area contributed by atoms with Crippen molar-refractivity contribution in [2.24, 2.45) is 4.99 Å². The summed E-state index contributed by atoms with van der Waals surface area (Å²) >= 11 is 0. The van der Waals surface area contributed by atoms with Crippen molar-refractivity contribution in [3.63, 3.8) is 0 Å². The summed E-state index contributed by atoms with van der Waals surface area (Å²) in [6.45, 7) is 12.2. The molecule has 0 fully saturated rings. The molecule has 0 heterocycles. The highest BCUT2D eigenvalue weighted by Gasteiger charge is 2.10. The average molecular weight is 462 g/mol. The van der Waals surface area contributed by atoms with Crippen LogP contribution in [0.2, 0.25) is 0 Å². The fourth-order valence-electron chi connectivity index (χ4n) is 2.59. The van der Waals surface area contributed by atoms with Crippen molar-refractivity contribution in [2.45, 2.75) is 33.1 Å². The number of benzene rings is 1. The Bertz CT molecular complexity index is 452. The van der Waals surface area contributed by atoms with Gasteiger partial charge < -0.3 is 20.6 Å². The molecule has 0 aliphatic carbocycles. The number of aliphatic imine (C=N–C) groups is 1. The van der Waals surface area contributed by atoms with Crippen molar-refractivity contribution >= 4 is 29.9 Å². The fraction of sp³-hybridized carbons (Fsp3) is 0.632. The number of nitrogens with zero attached hydrogens (tertiary/aromatic N) is 2. The summed E-state index contributed by atoms with van der Waals surface area (Å²) in [5, 5.41) is 16.3. The fourth-order valence-corrected chi connectivity index (χ4v) is 2.59. The molecule has 3 N–H and O–H groups in total. The van der Waals surface area contributed by atoms with E-state index in [1.807, 2.05) is 30.3 Å². The third-order valence-electron chi connectivity index (χ3n) is 4.14. The summed E-state index contributed by atoms with van der Waals surface area (Å²) in [4.78, 5) is 7.06. The Balaban J connectivity index is 0.00000576. The van der Waals surface area contributed by atoms with Crippen LogP contribution in [-0.2, 0) is 0 Å². The molecule has 6 heteroatoms. The van der Waals surface area contributed by atoms with E-state index in [4.69, 9.17) is 0 Å². The van der Waals surface area contributed by atoms with Gasteiger partial charge in [0.15, 0.2) is 5.96 Å². The van der Waals surface area contributed by atoms with Gasteiger partial charge in [-0.3, -0.25) is 4.99 Å². The van der Waals surface area contributed by atoms with Crippen molar-refractivity contribution in [3.8, 4) is 0 Å². The van der Waals surface area contributed by atoms with Crippen LogP contribution in [0.5, 0.6) is 0 Å². The highest BCUT2D eigenvalue weighted by molar-refractivity contribution is 14.0. The molecule has 0 amide bonds. The van der Waals surface area contributed by atoms with Gasteiger partial charge in [-0.05, 0) is 38.5 Å². The standard InChI is InChI=1S/C19H34N4O.HI/c1-4-20-19(21-13-10-14-23(5-2)6-3)22-15-18(16-24)17-11-8-7-9-12-17;/h7-9,11-12,18,24H,4-6,10,13-16H2,1-3H3,(H2,20,21,22);1H. The van der Waals surface area contributed by atoms with E-state index in [2.05, 4.69) is 41.3 Å². The molecular formula is C19H35IN4O. The molecule has 144 valence electrons. The molecule has 0 saturated carbocycles. The zero-order valence-electron chi connectivity index (χ0n) is 15.9. The maximum atomic E-state index is 9.64. The number of aliphatic hydroxyl groups is 1. The number of rotatable bonds is 11. The molecule has 1 aromatic rings. The van der Waals surface area contributed by atoms with Crippen LogP contribution >= 0.6 is 24.0 Å². The van der Waals surface area contributed by atoms with E-state index in [0.29, 0.717) is 6.54 Å². The summed E-state index contributed by atoms with van der Waals surface area (Å²) in [7, 11) is 0. The molecule has 1 rings (SSSR count). The first-order chi connectivity index (χ1) is 11.7. The van der Waals surface area contributed by atoms with Crippen LogP contribution in [0.25, 0.3) is 0 Å². The minimum absolute atomic E-state index is 0. The largest absolute Gasteiger partial charge is 0.396 e. The summed E-state index contributed by atoms with van der Waals surface area (Å²) < 4.78 is 0. The maximum absolute atomic E-state index is 9.64. The molecule has 0 aliphatic rings. The maximum Gasteiger partial charge on any atom is 0.191 e. The van der Waals surface area contributed by atoms with Gasteiger partial charge in [-0.15, -0.1) is 24.0 Å².